The molecule has 0 radical (unpaired) electrons. The second-order valence-corrected chi connectivity index (χ2v) is 6.20. The van der Waals surface area contributed by atoms with Crippen molar-refractivity contribution in [2.45, 2.75) is 6.54 Å². The van der Waals surface area contributed by atoms with Gasteiger partial charge in [0.15, 0.2) is 6.61 Å². The standard InChI is InChI=1S/C23H22N2O4/c1-28-21-14-8-6-12-19(21)25-22(26)16-29-20-13-7-5-11-18(20)23(27)24-15-17-9-3-2-4-10-17/h2-14H,15-16H2,1H3,(H,24,27)(H,25,26). The molecule has 0 unspecified atom stereocenters. The van der Waals surface area contributed by atoms with Crippen LogP contribution >= 0.6 is 0 Å². The molecule has 0 spiro atoms. The van der Waals surface area contributed by atoms with Crippen molar-refractivity contribution < 1.29 is 19.1 Å². The van der Waals surface area contributed by atoms with Gasteiger partial charge >= 0.3 is 0 Å². The lowest BCUT2D eigenvalue weighted by atomic mass is 10.1. The van der Waals surface area contributed by atoms with E-state index in [1.165, 1.54) is 7.11 Å². The van der Waals surface area contributed by atoms with E-state index in [2.05, 4.69) is 10.6 Å². The maximum atomic E-state index is 12.5. The van der Waals surface area contributed by atoms with E-state index in [0.717, 1.165) is 5.56 Å². The van der Waals surface area contributed by atoms with Crippen LogP contribution in [0.15, 0.2) is 78.9 Å². The molecule has 0 aliphatic carbocycles. The summed E-state index contributed by atoms with van der Waals surface area (Å²) in [5.74, 6) is 0.276. The maximum absolute atomic E-state index is 12.5. The molecular weight excluding hydrogens is 368 g/mol. The second kappa shape index (κ2) is 9.94. The number of ether oxygens (including phenoxy) is 2. The van der Waals surface area contributed by atoms with Gasteiger partial charge in [0.05, 0.1) is 18.4 Å². The Morgan fingerprint density at radius 2 is 1.48 bits per heavy atom. The third-order valence-corrected chi connectivity index (χ3v) is 4.17. The van der Waals surface area contributed by atoms with E-state index in [4.69, 9.17) is 9.47 Å². The molecule has 0 saturated carbocycles. The minimum Gasteiger partial charge on any atom is -0.495 e. The summed E-state index contributed by atoms with van der Waals surface area (Å²) in [6.07, 6.45) is 0. The molecule has 0 saturated heterocycles. The fraction of sp³-hybridized carbons (Fsp3) is 0.130. The van der Waals surface area contributed by atoms with Crippen LogP contribution in [0.1, 0.15) is 15.9 Å². The van der Waals surface area contributed by atoms with Crippen molar-refractivity contribution in [3.8, 4) is 11.5 Å². The number of nitrogens with one attached hydrogen (secondary N) is 2. The van der Waals surface area contributed by atoms with Gasteiger partial charge in [-0.05, 0) is 29.8 Å². The van der Waals surface area contributed by atoms with Crippen molar-refractivity contribution in [1.82, 2.24) is 5.32 Å². The molecule has 2 N–H and O–H groups in total. The van der Waals surface area contributed by atoms with E-state index in [1.54, 1.807) is 42.5 Å². The third kappa shape index (κ3) is 5.59. The molecule has 0 aromatic heterocycles. The van der Waals surface area contributed by atoms with E-state index in [1.807, 2.05) is 36.4 Å². The number of anilines is 1. The van der Waals surface area contributed by atoms with Crippen LogP contribution in [-0.4, -0.2) is 25.5 Å². The van der Waals surface area contributed by atoms with E-state index in [0.29, 0.717) is 29.3 Å². The summed E-state index contributed by atoms with van der Waals surface area (Å²) in [5.41, 5.74) is 1.92. The van der Waals surface area contributed by atoms with Crippen LogP contribution < -0.4 is 20.1 Å². The van der Waals surface area contributed by atoms with Gasteiger partial charge in [-0.3, -0.25) is 9.59 Å². The number of amides is 2. The predicted molar refractivity (Wildman–Crippen MR) is 111 cm³/mol. The van der Waals surface area contributed by atoms with Crippen LogP contribution in [0.5, 0.6) is 11.5 Å². The molecule has 0 aliphatic heterocycles. The van der Waals surface area contributed by atoms with Crippen LogP contribution in [0.25, 0.3) is 0 Å². The highest BCUT2D eigenvalue weighted by Crippen LogP contribution is 2.23. The first-order chi connectivity index (χ1) is 14.2. The lowest BCUT2D eigenvalue weighted by molar-refractivity contribution is -0.118. The summed E-state index contributed by atoms with van der Waals surface area (Å²) >= 11 is 0. The lowest BCUT2D eigenvalue weighted by Crippen LogP contribution is -2.25. The van der Waals surface area contributed by atoms with Gasteiger partial charge in [0.2, 0.25) is 0 Å². The molecule has 29 heavy (non-hydrogen) atoms. The maximum Gasteiger partial charge on any atom is 0.262 e. The minimum absolute atomic E-state index is 0.235. The van der Waals surface area contributed by atoms with Gasteiger partial charge in [0.1, 0.15) is 11.5 Å². The number of hydrogen-bond acceptors (Lipinski definition) is 4. The molecule has 0 bridgehead atoms. The average molecular weight is 390 g/mol. The van der Waals surface area contributed by atoms with Crippen molar-refractivity contribution in [3.05, 3.63) is 90.0 Å². The largest absolute Gasteiger partial charge is 0.495 e. The Hall–Kier alpha value is -3.80. The Balaban J connectivity index is 1.60. The topological polar surface area (TPSA) is 76.7 Å². The number of para-hydroxylation sites is 3. The van der Waals surface area contributed by atoms with E-state index < -0.39 is 0 Å². The molecule has 0 heterocycles. The van der Waals surface area contributed by atoms with Crippen LogP contribution in [0.3, 0.4) is 0 Å². The molecule has 0 aliphatic rings. The third-order valence-electron chi connectivity index (χ3n) is 4.17. The summed E-state index contributed by atoms with van der Waals surface area (Å²) in [7, 11) is 1.53. The number of carbonyl (C=O) groups is 2. The fourth-order valence-electron chi connectivity index (χ4n) is 2.73. The van der Waals surface area contributed by atoms with Crippen LogP contribution in [0.4, 0.5) is 5.69 Å². The quantitative estimate of drug-likeness (QED) is 0.616. The highest BCUT2D eigenvalue weighted by Gasteiger charge is 2.14. The molecule has 0 fully saturated rings. The number of benzene rings is 3. The van der Waals surface area contributed by atoms with Gasteiger partial charge < -0.3 is 20.1 Å². The average Bonchev–Trinajstić information content (AvgIpc) is 2.77. The monoisotopic (exact) mass is 390 g/mol. The van der Waals surface area contributed by atoms with E-state index >= 15 is 0 Å². The molecule has 2 amide bonds. The zero-order chi connectivity index (χ0) is 20.5. The van der Waals surface area contributed by atoms with Gasteiger partial charge in [-0.15, -0.1) is 0 Å². The summed E-state index contributed by atoms with van der Waals surface area (Å²) < 4.78 is 10.8. The number of carbonyl (C=O) groups excluding carboxylic acids is 2. The number of rotatable bonds is 8. The first-order valence-corrected chi connectivity index (χ1v) is 9.14. The van der Waals surface area contributed by atoms with Gasteiger partial charge in [-0.25, -0.2) is 0 Å². The lowest BCUT2D eigenvalue weighted by Gasteiger charge is -2.13. The minimum atomic E-state index is -0.353. The van der Waals surface area contributed by atoms with Crippen LogP contribution in [-0.2, 0) is 11.3 Å². The van der Waals surface area contributed by atoms with Crippen molar-refractivity contribution in [3.63, 3.8) is 0 Å². The van der Waals surface area contributed by atoms with E-state index in [9.17, 15) is 9.59 Å². The fourth-order valence-corrected chi connectivity index (χ4v) is 2.73. The second-order valence-electron chi connectivity index (χ2n) is 6.20. The summed E-state index contributed by atoms with van der Waals surface area (Å²) in [4.78, 5) is 24.8. The smallest absolute Gasteiger partial charge is 0.262 e. The number of methoxy groups -OCH3 is 1. The van der Waals surface area contributed by atoms with Crippen LogP contribution in [0.2, 0.25) is 0 Å². The van der Waals surface area contributed by atoms with Crippen molar-refractivity contribution >= 4 is 17.5 Å². The van der Waals surface area contributed by atoms with Crippen LogP contribution in [0, 0.1) is 0 Å². The molecule has 148 valence electrons. The summed E-state index contributed by atoms with van der Waals surface area (Å²) in [6.45, 7) is 0.170. The van der Waals surface area contributed by atoms with Gasteiger partial charge in [-0.2, -0.15) is 0 Å². The zero-order valence-corrected chi connectivity index (χ0v) is 16.1. The predicted octanol–water partition coefficient (Wildman–Crippen LogP) is 3.64. The summed E-state index contributed by atoms with van der Waals surface area (Å²) in [6, 6.07) is 23.5. The Bertz CT molecular complexity index is 973. The molecular formula is C23H22N2O4. The number of hydrogen-bond donors (Lipinski definition) is 2. The zero-order valence-electron chi connectivity index (χ0n) is 16.1. The molecule has 6 heteroatoms. The van der Waals surface area contributed by atoms with Crippen molar-refractivity contribution in [2.24, 2.45) is 0 Å². The first kappa shape index (κ1) is 19.9. The highest BCUT2D eigenvalue weighted by molar-refractivity contribution is 5.97. The SMILES string of the molecule is COc1ccccc1NC(=O)COc1ccccc1C(=O)NCc1ccccc1. The molecule has 3 rings (SSSR count). The van der Waals surface area contributed by atoms with E-state index in [-0.39, 0.29) is 18.4 Å². The van der Waals surface area contributed by atoms with Crippen molar-refractivity contribution in [2.75, 3.05) is 19.0 Å². The summed E-state index contributed by atoms with van der Waals surface area (Å²) in [5, 5.41) is 5.60. The Labute approximate surface area is 169 Å². The highest BCUT2D eigenvalue weighted by atomic mass is 16.5. The van der Waals surface area contributed by atoms with Crippen molar-refractivity contribution in [1.29, 1.82) is 0 Å². The van der Waals surface area contributed by atoms with Gasteiger partial charge in [0, 0.05) is 6.54 Å². The molecule has 3 aromatic rings. The Morgan fingerprint density at radius 1 is 0.828 bits per heavy atom. The Morgan fingerprint density at radius 3 is 2.24 bits per heavy atom. The first-order valence-electron chi connectivity index (χ1n) is 9.14. The Kier molecular flexibility index (Phi) is 6.84. The molecule has 0 atom stereocenters. The normalized spacial score (nSPS) is 10.1. The van der Waals surface area contributed by atoms with Gasteiger partial charge in [-0.1, -0.05) is 54.6 Å². The molecule has 3 aromatic carbocycles. The molecule has 6 nitrogen and oxygen atoms in total. The van der Waals surface area contributed by atoms with Gasteiger partial charge in [0.25, 0.3) is 11.8 Å².